The SMILES string of the molecule is Oc1cc2ccccc2nc1-c1ccc(-c2ccccc2)cc1. The number of hydrogen-bond donors (Lipinski definition) is 1. The van der Waals surface area contributed by atoms with Gasteiger partial charge in [0.1, 0.15) is 11.4 Å². The van der Waals surface area contributed by atoms with Gasteiger partial charge in [-0.25, -0.2) is 4.98 Å². The predicted octanol–water partition coefficient (Wildman–Crippen LogP) is 5.27. The number of benzene rings is 3. The molecule has 0 aliphatic heterocycles. The molecular weight excluding hydrogens is 282 g/mol. The summed E-state index contributed by atoms with van der Waals surface area (Å²) in [6.45, 7) is 0. The molecule has 1 aromatic heterocycles. The molecule has 0 aliphatic carbocycles. The van der Waals surface area contributed by atoms with E-state index in [1.54, 1.807) is 6.07 Å². The summed E-state index contributed by atoms with van der Waals surface area (Å²) in [5.74, 6) is 0.205. The normalized spacial score (nSPS) is 10.8. The van der Waals surface area contributed by atoms with Gasteiger partial charge in [-0.3, -0.25) is 0 Å². The van der Waals surface area contributed by atoms with Gasteiger partial charge in [-0.1, -0.05) is 72.8 Å². The third-order valence-electron chi connectivity index (χ3n) is 3.97. The van der Waals surface area contributed by atoms with Crippen LogP contribution in [0.25, 0.3) is 33.3 Å². The predicted molar refractivity (Wildman–Crippen MR) is 94.3 cm³/mol. The number of pyridine rings is 1. The maximum Gasteiger partial charge on any atom is 0.142 e. The Morgan fingerprint density at radius 3 is 2.00 bits per heavy atom. The zero-order chi connectivity index (χ0) is 15.6. The van der Waals surface area contributed by atoms with Gasteiger partial charge in [-0.05, 0) is 23.3 Å². The molecule has 0 radical (unpaired) electrons. The van der Waals surface area contributed by atoms with Crippen molar-refractivity contribution in [3.8, 4) is 28.1 Å². The monoisotopic (exact) mass is 297 g/mol. The largest absolute Gasteiger partial charge is 0.506 e. The van der Waals surface area contributed by atoms with Gasteiger partial charge < -0.3 is 5.11 Å². The highest BCUT2D eigenvalue weighted by atomic mass is 16.3. The summed E-state index contributed by atoms with van der Waals surface area (Å²) in [6, 6.07) is 27.9. The van der Waals surface area contributed by atoms with Gasteiger partial charge in [0.2, 0.25) is 0 Å². The van der Waals surface area contributed by atoms with Crippen LogP contribution in [0.4, 0.5) is 0 Å². The van der Waals surface area contributed by atoms with Crippen LogP contribution in [0.3, 0.4) is 0 Å². The molecule has 0 aliphatic rings. The summed E-state index contributed by atoms with van der Waals surface area (Å²) in [7, 11) is 0. The van der Waals surface area contributed by atoms with Crippen molar-refractivity contribution < 1.29 is 5.11 Å². The highest BCUT2D eigenvalue weighted by Crippen LogP contribution is 2.31. The van der Waals surface area contributed by atoms with Gasteiger partial charge in [0, 0.05) is 10.9 Å². The van der Waals surface area contributed by atoms with E-state index < -0.39 is 0 Å². The molecule has 0 unspecified atom stereocenters. The van der Waals surface area contributed by atoms with E-state index in [2.05, 4.69) is 29.2 Å². The second-order valence-electron chi connectivity index (χ2n) is 5.49. The third-order valence-corrected chi connectivity index (χ3v) is 3.97. The van der Waals surface area contributed by atoms with Gasteiger partial charge in [-0.2, -0.15) is 0 Å². The summed E-state index contributed by atoms with van der Waals surface area (Å²) in [5, 5.41) is 11.2. The molecule has 23 heavy (non-hydrogen) atoms. The Bertz CT molecular complexity index is 960. The maximum atomic E-state index is 10.3. The summed E-state index contributed by atoms with van der Waals surface area (Å²) in [6.07, 6.45) is 0. The van der Waals surface area contributed by atoms with E-state index in [0.29, 0.717) is 5.69 Å². The zero-order valence-electron chi connectivity index (χ0n) is 12.5. The minimum Gasteiger partial charge on any atom is -0.506 e. The number of para-hydroxylation sites is 1. The molecule has 3 aromatic carbocycles. The Morgan fingerprint density at radius 2 is 1.22 bits per heavy atom. The Balaban J connectivity index is 1.78. The van der Waals surface area contributed by atoms with E-state index in [1.807, 2.05) is 54.6 Å². The lowest BCUT2D eigenvalue weighted by Gasteiger charge is -2.08. The van der Waals surface area contributed by atoms with Crippen LogP contribution in [0.5, 0.6) is 5.75 Å². The van der Waals surface area contributed by atoms with E-state index in [1.165, 1.54) is 5.56 Å². The smallest absolute Gasteiger partial charge is 0.142 e. The average Bonchev–Trinajstić information content (AvgIpc) is 2.62. The second kappa shape index (κ2) is 5.58. The van der Waals surface area contributed by atoms with Crippen LogP contribution >= 0.6 is 0 Å². The minimum atomic E-state index is 0.205. The number of aromatic hydroxyl groups is 1. The highest BCUT2D eigenvalue weighted by molar-refractivity contribution is 5.85. The summed E-state index contributed by atoms with van der Waals surface area (Å²) in [5.41, 5.74) is 4.73. The van der Waals surface area contributed by atoms with Gasteiger partial charge in [-0.15, -0.1) is 0 Å². The number of fused-ring (bicyclic) bond motifs is 1. The topological polar surface area (TPSA) is 33.1 Å². The maximum absolute atomic E-state index is 10.3. The number of aromatic nitrogens is 1. The lowest BCUT2D eigenvalue weighted by Crippen LogP contribution is -1.87. The van der Waals surface area contributed by atoms with Gasteiger partial charge >= 0.3 is 0 Å². The molecule has 110 valence electrons. The average molecular weight is 297 g/mol. The quantitative estimate of drug-likeness (QED) is 0.546. The van der Waals surface area contributed by atoms with Crippen LogP contribution in [-0.2, 0) is 0 Å². The lowest BCUT2D eigenvalue weighted by molar-refractivity contribution is 0.476. The summed E-state index contributed by atoms with van der Waals surface area (Å²) >= 11 is 0. The first-order valence-electron chi connectivity index (χ1n) is 7.56. The van der Waals surface area contributed by atoms with E-state index >= 15 is 0 Å². The van der Waals surface area contributed by atoms with Crippen LogP contribution in [0.1, 0.15) is 0 Å². The van der Waals surface area contributed by atoms with Crippen molar-refractivity contribution in [2.75, 3.05) is 0 Å². The van der Waals surface area contributed by atoms with Crippen molar-refractivity contribution in [2.24, 2.45) is 0 Å². The van der Waals surface area contributed by atoms with Gasteiger partial charge in [0.15, 0.2) is 0 Å². The molecule has 4 aromatic rings. The lowest BCUT2D eigenvalue weighted by atomic mass is 10.0. The van der Waals surface area contributed by atoms with Crippen molar-refractivity contribution in [2.45, 2.75) is 0 Å². The fourth-order valence-electron chi connectivity index (χ4n) is 2.77. The van der Waals surface area contributed by atoms with Crippen LogP contribution in [0, 0.1) is 0 Å². The molecule has 2 heteroatoms. The van der Waals surface area contributed by atoms with Crippen molar-refractivity contribution in [3.05, 3.63) is 84.9 Å². The first-order chi connectivity index (χ1) is 11.3. The van der Waals surface area contributed by atoms with Crippen molar-refractivity contribution >= 4 is 10.9 Å². The number of rotatable bonds is 2. The molecule has 1 heterocycles. The van der Waals surface area contributed by atoms with Crippen LogP contribution in [0.15, 0.2) is 84.9 Å². The van der Waals surface area contributed by atoms with Gasteiger partial charge in [0.05, 0.1) is 5.52 Å². The van der Waals surface area contributed by atoms with E-state index in [-0.39, 0.29) is 5.75 Å². The van der Waals surface area contributed by atoms with Crippen molar-refractivity contribution in [1.29, 1.82) is 0 Å². The van der Waals surface area contributed by atoms with Crippen LogP contribution in [0.2, 0.25) is 0 Å². The number of hydrogen-bond acceptors (Lipinski definition) is 2. The standard InChI is InChI=1S/C21H15NO/c23-20-14-18-8-4-5-9-19(18)22-21(20)17-12-10-16(11-13-17)15-6-2-1-3-7-15/h1-14,23H. The zero-order valence-corrected chi connectivity index (χ0v) is 12.5. The molecule has 0 saturated carbocycles. The Hall–Kier alpha value is -3.13. The Labute approximate surface area is 134 Å². The fraction of sp³-hybridized carbons (Fsp3) is 0. The molecule has 0 fully saturated rings. The first-order valence-corrected chi connectivity index (χ1v) is 7.56. The third kappa shape index (κ3) is 2.55. The number of nitrogens with zero attached hydrogens (tertiary/aromatic N) is 1. The molecule has 4 rings (SSSR count). The molecule has 0 spiro atoms. The molecule has 0 atom stereocenters. The van der Waals surface area contributed by atoms with Crippen molar-refractivity contribution in [1.82, 2.24) is 4.98 Å². The molecule has 0 bridgehead atoms. The Morgan fingerprint density at radius 1 is 0.609 bits per heavy atom. The van der Waals surface area contributed by atoms with Gasteiger partial charge in [0.25, 0.3) is 0 Å². The molecule has 0 amide bonds. The van der Waals surface area contributed by atoms with Crippen LogP contribution in [-0.4, -0.2) is 10.1 Å². The van der Waals surface area contributed by atoms with E-state index in [4.69, 9.17) is 0 Å². The molecule has 0 saturated heterocycles. The highest BCUT2D eigenvalue weighted by Gasteiger charge is 2.08. The van der Waals surface area contributed by atoms with E-state index in [0.717, 1.165) is 22.0 Å². The summed E-state index contributed by atoms with van der Waals surface area (Å²) < 4.78 is 0. The molecule has 2 nitrogen and oxygen atoms in total. The Kier molecular flexibility index (Phi) is 3.28. The van der Waals surface area contributed by atoms with Crippen LogP contribution < -0.4 is 0 Å². The molecular formula is C21H15NO. The fourth-order valence-corrected chi connectivity index (χ4v) is 2.77. The molecule has 1 N–H and O–H groups in total. The second-order valence-corrected chi connectivity index (χ2v) is 5.49. The summed E-state index contributed by atoms with van der Waals surface area (Å²) in [4.78, 5) is 4.60. The van der Waals surface area contributed by atoms with Crippen molar-refractivity contribution in [3.63, 3.8) is 0 Å². The van der Waals surface area contributed by atoms with E-state index in [9.17, 15) is 5.11 Å². The first kappa shape index (κ1) is 13.5. The minimum absolute atomic E-state index is 0.205.